The normalized spacial score (nSPS) is 13.8. The van der Waals surface area contributed by atoms with Gasteiger partial charge in [-0.25, -0.2) is 9.78 Å². The van der Waals surface area contributed by atoms with Gasteiger partial charge in [-0.2, -0.15) is 0 Å². The number of halogens is 1. The fraction of sp³-hybridized carbons (Fsp3) is 0.242. The molecule has 40 heavy (non-hydrogen) atoms. The van der Waals surface area contributed by atoms with E-state index >= 15 is 0 Å². The minimum atomic E-state index is -1.20. The molecule has 1 aliphatic rings. The fourth-order valence-electron chi connectivity index (χ4n) is 5.52. The van der Waals surface area contributed by atoms with E-state index in [1.807, 2.05) is 94.6 Å². The van der Waals surface area contributed by atoms with Gasteiger partial charge in [0.1, 0.15) is 5.75 Å². The van der Waals surface area contributed by atoms with Gasteiger partial charge in [-0.15, -0.1) is 0 Å². The molecule has 0 spiro atoms. The van der Waals surface area contributed by atoms with Crippen LogP contribution in [0.2, 0.25) is 5.02 Å². The molecule has 7 heteroatoms. The molecule has 0 amide bonds. The first kappa shape index (κ1) is 26.2. The quantitative estimate of drug-likeness (QED) is 0.238. The van der Waals surface area contributed by atoms with E-state index in [0.717, 1.165) is 67.5 Å². The molecular weight excluding hydrogens is 524 g/mol. The Morgan fingerprint density at radius 3 is 2.58 bits per heavy atom. The summed E-state index contributed by atoms with van der Waals surface area (Å²) in [5.74, 6) is -0.265. The lowest BCUT2D eigenvalue weighted by atomic mass is 9.86. The number of hydrogen-bond donors (Lipinski definition) is 1. The van der Waals surface area contributed by atoms with Crippen molar-refractivity contribution >= 4 is 39.4 Å². The number of aliphatic carboxylic acids is 1. The largest absolute Gasteiger partial charge is 0.493 e. The van der Waals surface area contributed by atoms with Crippen molar-refractivity contribution in [3.05, 3.63) is 88.6 Å². The summed E-state index contributed by atoms with van der Waals surface area (Å²) in [6.07, 6.45) is 1.40. The Morgan fingerprint density at radius 2 is 1.85 bits per heavy atom. The third-order valence-electron chi connectivity index (χ3n) is 7.18. The van der Waals surface area contributed by atoms with E-state index in [1.54, 1.807) is 0 Å². The molecule has 0 bridgehead atoms. The second-order valence-electron chi connectivity index (χ2n) is 11.1. The van der Waals surface area contributed by atoms with E-state index in [-0.39, 0.29) is 0 Å². The summed E-state index contributed by atoms with van der Waals surface area (Å²) in [7, 11) is 0. The summed E-state index contributed by atoms with van der Waals surface area (Å²) >= 11 is 6.11. The fourth-order valence-corrected chi connectivity index (χ4v) is 5.65. The van der Waals surface area contributed by atoms with Gasteiger partial charge >= 0.3 is 5.97 Å². The third kappa shape index (κ3) is 4.67. The summed E-state index contributed by atoms with van der Waals surface area (Å²) in [4.78, 5) is 22.6. The lowest BCUT2D eigenvalue weighted by molar-refractivity contribution is -0.160. The number of carboxylic acid groups (broad SMARTS) is 1. The molecule has 1 atom stereocenters. The van der Waals surface area contributed by atoms with Crippen molar-refractivity contribution in [3.8, 4) is 28.1 Å². The summed E-state index contributed by atoms with van der Waals surface area (Å²) in [5, 5.41) is 12.9. The highest BCUT2D eigenvalue weighted by Crippen LogP contribution is 2.45. The molecule has 2 aromatic heterocycles. The van der Waals surface area contributed by atoms with Gasteiger partial charge in [-0.3, -0.25) is 4.98 Å². The first-order valence-electron chi connectivity index (χ1n) is 13.3. The Morgan fingerprint density at radius 1 is 1.07 bits per heavy atom. The van der Waals surface area contributed by atoms with Gasteiger partial charge in [0.25, 0.3) is 0 Å². The van der Waals surface area contributed by atoms with E-state index in [4.69, 9.17) is 31.0 Å². The van der Waals surface area contributed by atoms with E-state index in [2.05, 4.69) is 0 Å². The first-order valence-corrected chi connectivity index (χ1v) is 13.6. The molecule has 0 saturated heterocycles. The number of fused-ring (bicyclic) bond motifs is 1. The minimum absolute atomic E-state index is 0.593. The topological polar surface area (TPSA) is 81.5 Å². The van der Waals surface area contributed by atoms with Crippen molar-refractivity contribution in [3.63, 3.8) is 0 Å². The van der Waals surface area contributed by atoms with Crippen LogP contribution >= 0.6 is 11.6 Å². The zero-order valence-corrected chi connectivity index (χ0v) is 23.5. The standard InChI is InChI=1S/C33H29ClN2O4/c1-18-17-25-22(9-11-24(36-25)19-5-7-21(34)8-6-19)29(27(18)31(32(37)38)40-33(2,3)4)23-10-12-26-28-20(14-16-39-26)13-15-35-30(23)28/h5-13,15,17,31H,14,16H2,1-4H3,(H,37,38)/t31-/m0/s1. The molecule has 1 N–H and O–H groups in total. The summed E-state index contributed by atoms with van der Waals surface area (Å²) in [6.45, 7) is 8.11. The molecule has 6 nitrogen and oxygen atoms in total. The van der Waals surface area contributed by atoms with Crippen LogP contribution in [0.4, 0.5) is 0 Å². The molecule has 0 unspecified atom stereocenters. The van der Waals surface area contributed by atoms with Crippen molar-refractivity contribution in [2.24, 2.45) is 0 Å². The lowest BCUT2D eigenvalue weighted by Crippen LogP contribution is -2.28. The Kier molecular flexibility index (Phi) is 6.48. The monoisotopic (exact) mass is 552 g/mol. The predicted molar refractivity (Wildman–Crippen MR) is 158 cm³/mol. The average molecular weight is 553 g/mol. The average Bonchev–Trinajstić information content (AvgIpc) is 2.91. The zero-order chi connectivity index (χ0) is 28.2. The second-order valence-corrected chi connectivity index (χ2v) is 11.5. The molecule has 6 rings (SSSR count). The highest BCUT2D eigenvalue weighted by molar-refractivity contribution is 6.30. The van der Waals surface area contributed by atoms with Crippen molar-refractivity contribution in [1.29, 1.82) is 0 Å². The van der Waals surface area contributed by atoms with Crippen LogP contribution in [0.3, 0.4) is 0 Å². The van der Waals surface area contributed by atoms with Crippen LogP contribution in [-0.2, 0) is 16.0 Å². The third-order valence-corrected chi connectivity index (χ3v) is 7.43. The van der Waals surface area contributed by atoms with Gasteiger partial charge in [-0.05, 0) is 86.8 Å². The highest BCUT2D eigenvalue weighted by Gasteiger charge is 2.33. The highest BCUT2D eigenvalue weighted by atomic mass is 35.5. The molecule has 1 aliphatic heterocycles. The zero-order valence-electron chi connectivity index (χ0n) is 22.8. The summed E-state index contributed by atoms with van der Waals surface area (Å²) < 4.78 is 12.2. The maximum atomic E-state index is 12.8. The SMILES string of the molecule is Cc1cc2nc(-c3ccc(Cl)cc3)ccc2c(-c2ccc3c4c(ccnc24)CCO3)c1[C@H](OC(C)(C)C)C(=O)O. The second kappa shape index (κ2) is 9.88. The van der Waals surface area contributed by atoms with E-state index < -0.39 is 17.7 Å². The van der Waals surface area contributed by atoms with Gasteiger partial charge in [0, 0.05) is 45.1 Å². The number of pyridine rings is 2. The van der Waals surface area contributed by atoms with Crippen LogP contribution in [-0.4, -0.2) is 33.3 Å². The maximum Gasteiger partial charge on any atom is 0.337 e. The van der Waals surface area contributed by atoms with Crippen LogP contribution in [0.25, 0.3) is 44.2 Å². The maximum absolute atomic E-state index is 12.8. The molecule has 0 fully saturated rings. The number of hydrogen-bond acceptors (Lipinski definition) is 5. The Hall–Kier alpha value is -4.00. The predicted octanol–water partition coefficient (Wildman–Crippen LogP) is 7.95. The van der Waals surface area contributed by atoms with Crippen LogP contribution in [0.1, 0.15) is 43.6 Å². The van der Waals surface area contributed by atoms with Crippen LogP contribution < -0.4 is 4.74 Å². The Labute approximate surface area is 237 Å². The molecule has 5 aromatic rings. The molecule has 0 saturated carbocycles. The number of benzene rings is 3. The van der Waals surface area contributed by atoms with Crippen molar-refractivity contribution < 1.29 is 19.4 Å². The number of ether oxygens (including phenoxy) is 2. The molecule has 0 aliphatic carbocycles. The van der Waals surface area contributed by atoms with Gasteiger partial charge in [0.2, 0.25) is 0 Å². The molecule has 0 radical (unpaired) electrons. The number of aromatic nitrogens is 2. The van der Waals surface area contributed by atoms with Gasteiger partial charge in [0.15, 0.2) is 6.10 Å². The van der Waals surface area contributed by atoms with Crippen molar-refractivity contribution in [1.82, 2.24) is 9.97 Å². The molecule has 3 heterocycles. The van der Waals surface area contributed by atoms with Crippen molar-refractivity contribution in [2.45, 2.75) is 45.8 Å². The smallest absolute Gasteiger partial charge is 0.337 e. The van der Waals surface area contributed by atoms with Gasteiger partial charge in [0.05, 0.1) is 28.9 Å². The molecule has 3 aromatic carbocycles. The van der Waals surface area contributed by atoms with E-state index in [0.29, 0.717) is 17.2 Å². The number of carbonyl (C=O) groups is 1. The first-order chi connectivity index (χ1) is 19.1. The molecule has 202 valence electrons. The van der Waals surface area contributed by atoms with Crippen LogP contribution in [0, 0.1) is 6.92 Å². The number of rotatable bonds is 5. The minimum Gasteiger partial charge on any atom is -0.493 e. The van der Waals surface area contributed by atoms with Gasteiger partial charge in [-0.1, -0.05) is 29.8 Å². The number of carboxylic acids is 1. The van der Waals surface area contributed by atoms with E-state index in [1.165, 1.54) is 0 Å². The van der Waals surface area contributed by atoms with E-state index in [9.17, 15) is 9.90 Å². The summed E-state index contributed by atoms with van der Waals surface area (Å²) in [6, 6.07) is 19.4. The van der Waals surface area contributed by atoms with Gasteiger partial charge < -0.3 is 14.6 Å². The van der Waals surface area contributed by atoms with Crippen LogP contribution in [0.15, 0.2) is 66.9 Å². The number of nitrogens with zero attached hydrogens (tertiary/aromatic N) is 2. The number of aryl methyl sites for hydroxylation is 1. The summed E-state index contributed by atoms with van der Waals surface area (Å²) in [5.41, 5.74) is 6.67. The Balaban J connectivity index is 1.69. The molecular formula is C33H29ClN2O4. The lowest BCUT2D eigenvalue weighted by Gasteiger charge is -2.29. The van der Waals surface area contributed by atoms with Crippen molar-refractivity contribution in [2.75, 3.05) is 6.61 Å². The van der Waals surface area contributed by atoms with Crippen LogP contribution in [0.5, 0.6) is 5.75 Å². The Bertz CT molecular complexity index is 1780.